The molecule has 0 radical (unpaired) electrons. The van der Waals surface area contributed by atoms with Crippen LogP contribution in [-0.2, 0) is 24.3 Å². The van der Waals surface area contributed by atoms with Crippen molar-refractivity contribution in [2.45, 2.75) is 37.6 Å². The zero-order valence-corrected chi connectivity index (χ0v) is 18.4. The zero-order chi connectivity index (χ0) is 23.5. The molecule has 1 aliphatic rings. The van der Waals surface area contributed by atoms with Crippen LogP contribution in [-0.4, -0.2) is 48.7 Å². The van der Waals surface area contributed by atoms with Crippen molar-refractivity contribution >= 4 is 33.3 Å². The second kappa shape index (κ2) is 9.45. The molecule has 2 aromatic carbocycles. The lowest BCUT2D eigenvalue weighted by atomic mass is 10.2. The van der Waals surface area contributed by atoms with E-state index >= 15 is 0 Å². The van der Waals surface area contributed by atoms with Crippen LogP contribution in [0.15, 0.2) is 47.4 Å². The zero-order valence-electron chi connectivity index (χ0n) is 17.6. The van der Waals surface area contributed by atoms with Gasteiger partial charge in [-0.2, -0.15) is 4.31 Å². The maximum absolute atomic E-state index is 12.9. The predicted molar refractivity (Wildman–Crippen MR) is 116 cm³/mol. The van der Waals surface area contributed by atoms with Crippen LogP contribution >= 0.6 is 0 Å². The number of non-ortho nitro benzene ring substituents is 1. The third-order valence-electron chi connectivity index (χ3n) is 5.14. The first-order valence-corrected chi connectivity index (χ1v) is 11.3. The molecule has 0 aromatic heterocycles. The van der Waals surface area contributed by atoms with Gasteiger partial charge in [0.05, 0.1) is 9.82 Å². The van der Waals surface area contributed by atoms with Gasteiger partial charge in [0.2, 0.25) is 10.0 Å². The van der Waals surface area contributed by atoms with E-state index in [0.29, 0.717) is 24.1 Å². The summed E-state index contributed by atoms with van der Waals surface area (Å²) in [6.07, 6.45) is 0.798. The summed E-state index contributed by atoms with van der Waals surface area (Å²) in [6.45, 7) is 3.02. The molecular formula is C21H23N3O7S. The predicted octanol–water partition coefficient (Wildman–Crippen LogP) is 2.55. The van der Waals surface area contributed by atoms with E-state index in [1.54, 1.807) is 19.1 Å². The van der Waals surface area contributed by atoms with Crippen molar-refractivity contribution in [3.05, 3.63) is 63.7 Å². The Morgan fingerprint density at radius 2 is 1.88 bits per heavy atom. The molecule has 1 saturated heterocycles. The number of nitro benzene ring substituents is 1. The van der Waals surface area contributed by atoms with Crippen LogP contribution in [0.4, 0.5) is 11.4 Å². The number of nitrogens with one attached hydrogen (secondary N) is 1. The van der Waals surface area contributed by atoms with Crippen molar-refractivity contribution in [1.82, 2.24) is 4.31 Å². The number of esters is 1. The van der Waals surface area contributed by atoms with E-state index in [1.807, 2.05) is 6.92 Å². The van der Waals surface area contributed by atoms with Gasteiger partial charge < -0.3 is 10.1 Å². The van der Waals surface area contributed by atoms with Crippen LogP contribution in [0, 0.1) is 24.0 Å². The summed E-state index contributed by atoms with van der Waals surface area (Å²) < 4.78 is 32.1. The molecule has 1 amide bonds. The summed E-state index contributed by atoms with van der Waals surface area (Å²) in [4.78, 5) is 35.1. The Balaban J connectivity index is 1.62. The number of sulfonamides is 1. The first-order chi connectivity index (χ1) is 15.1. The van der Waals surface area contributed by atoms with Crippen LogP contribution in [0.2, 0.25) is 0 Å². The number of nitrogens with zero attached hydrogens (tertiary/aromatic N) is 2. The molecule has 0 aliphatic carbocycles. The maximum atomic E-state index is 12.9. The molecule has 0 unspecified atom stereocenters. The average Bonchev–Trinajstić information content (AvgIpc) is 3.24. The summed E-state index contributed by atoms with van der Waals surface area (Å²) in [5.41, 5.74) is 1.63. The second-order valence-corrected chi connectivity index (χ2v) is 9.39. The molecule has 170 valence electrons. The number of anilines is 1. The van der Waals surface area contributed by atoms with Crippen LogP contribution in [0.5, 0.6) is 0 Å². The minimum atomic E-state index is -3.88. The summed E-state index contributed by atoms with van der Waals surface area (Å²) >= 11 is 0. The Labute approximate surface area is 185 Å². The number of benzene rings is 2. The fraction of sp³-hybridized carbons (Fsp3) is 0.333. The van der Waals surface area contributed by atoms with Gasteiger partial charge in [0.25, 0.3) is 11.6 Å². The van der Waals surface area contributed by atoms with E-state index in [0.717, 1.165) is 9.87 Å². The minimum absolute atomic E-state index is 0.0918. The number of aryl methyl sites for hydroxylation is 2. The molecule has 1 fully saturated rings. The summed E-state index contributed by atoms with van der Waals surface area (Å²) in [5, 5.41) is 13.3. The monoisotopic (exact) mass is 461 g/mol. The standard InChI is InChI=1S/C21H23N3O7S/c1-14-5-8-17(9-6-14)32(29,30)23-11-3-4-19(23)21(26)31-13-20(25)22-18-10-7-16(24(27)28)12-15(18)2/h5-10,12,19H,3-4,11,13H2,1-2H3,(H,22,25)/t19-/m0/s1. The molecule has 11 heteroatoms. The quantitative estimate of drug-likeness (QED) is 0.380. The summed E-state index contributed by atoms with van der Waals surface area (Å²) in [7, 11) is -3.88. The molecule has 1 aliphatic heterocycles. The molecule has 1 N–H and O–H groups in total. The van der Waals surface area contributed by atoms with Crippen molar-refractivity contribution in [3.63, 3.8) is 0 Å². The largest absolute Gasteiger partial charge is 0.454 e. The third kappa shape index (κ3) is 5.11. The van der Waals surface area contributed by atoms with Crippen molar-refractivity contribution in [2.24, 2.45) is 0 Å². The highest BCUT2D eigenvalue weighted by atomic mass is 32.2. The number of amides is 1. The Morgan fingerprint density at radius 3 is 2.50 bits per heavy atom. The number of ether oxygens (including phenoxy) is 1. The van der Waals surface area contributed by atoms with E-state index in [9.17, 15) is 28.1 Å². The summed E-state index contributed by atoms with van der Waals surface area (Å²) in [5.74, 6) is -1.44. The van der Waals surface area contributed by atoms with E-state index in [2.05, 4.69) is 5.32 Å². The summed E-state index contributed by atoms with van der Waals surface area (Å²) in [6, 6.07) is 9.29. The number of hydrogen-bond acceptors (Lipinski definition) is 7. The first-order valence-electron chi connectivity index (χ1n) is 9.89. The lowest BCUT2D eigenvalue weighted by molar-refractivity contribution is -0.384. The first kappa shape index (κ1) is 23.4. The lowest BCUT2D eigenvalue weighted by Crippen LogP contribution is -2.42. The lowest BCUT2D eigenvalue weighted by Gasteiger charge is -2.22. The number of nitro groups is 1. The topological polar surface area (TPSA) is 136 Å². The van der Waals surface area contributed by atoms with Crippen molar-refractivity contribution < 1.29 is 27.7 Å². The number of carbonyl (C=O) groups excluding carboxylic acids is 2. The van der Waals surface area contributed by atoms with E-state index < -0.39 is 39.5 Å². The van der Waals surface area contributed by atoms with E-state index in [4.69, 9.17) is 4.74 Å². The van der Waals surface area contributed by atoms with Gasteiger partial charge in [-0.05, 0) is 50.5 Å². The van der Waals surface area contributed by atoms with E-state index in [1.165, 1.54) is 30.3 Å². The van der Waals surface area contributed by atoms with Gasteiger partial charge in [-0.3, -0.25) is 19.7 Å². The fourth-order valence-corrected chi connectivity index (χ4v) is 5.08. The molecule has 10 nitrogen and oxygen atoms in total. The van der Waals surface area contributed by atoms with Crippen molar-refractivity contribution in [2.75, 3.05) is 18.5 Å². The van der Waals surface area contributed by atoms with Gasteiger partial charge in [0.15, 0.2) is 6.61 Å². The highest BCUT2D eigenvalue weighted by molar-refractivity contribution is 7.89. The molecule has 0 saturated carbocycles. The van der Waals surface area contributed by atoms with Crippen LogP contribution in [0.1, 0.15) is 24.0 Å². The number of hydrogen-bond donors (Lipinski definition) is 1. The van der Waals surface area contributed by atoms with E-state index in [-0.39, 0.29) is 17.1 Å². The third-order valence-corrected chi connectivity index (χ3v) is 7.07. The minimum Gasteiger partial charge on any atom is -0.454 e. The molecule has 1 atom stereocenters. The normalized spacial score (nSPS) is 16.5. The maximum Gasteiger partial charge on any atom is 0.324 e. The van der Waals surface area contributed by atoms with Gasteiger partial charge in [0.1, 0.15) is 6.04 Å². The van der Waals surface area contributed by atoms with Crippen LogP contribution in [0.25, 0.3) is 0 Å². The Morgan fingerprint density at radius 1 is 1.19 bits per heavy atom. The highest BCUT2D eigenvalue weighted by Crippen LogP contribution is 2.27. The second-order valence-electron chi connectivity index (χ2n) is 7.50. The Hall–Kier alpha value is -3.31. The van der Waals surface area contributed by atoms with Gasteiger partial charge in [0, 0.05) is 24.4 Å². The average molecular weight is 461 g/mol. The molecule has 0 spiro atoms. The SMILES string of the molecule is Cc1ccc(S(=O)(=O)N2CCC[C@H]2C(=O)OCC(=O)Nc2ccc([N+](=O)[O-])cc2C)cc1. The molecule has 2 aromatic rings. The van der Waals surface area contributed by atoms with Crippen molar-refractivity contribution in [3.8, 4) is 0 Å². The van der Waals surface area contributed by atoms with Gasteiger partial charge in [-0.25, -0.2) is 8.42 Å². The molecule has 3 rings (SSSR count). The molecule has 1 heterocycles. The van der Waals surface area contributed by atoms with Gasteiger partial charge in [-0.15, -0.1) is 0 Å². The molecule has 32 heavy (non-hydrogen) atoms. The molecule has 0 bridgehead atoms. The van der Waals surface area contributed by atoms with Gasteiger partial charge in [-0.1, -0.05) is 17.7 Å². The Kier molecular flexibility index (Phi) is 6.90. The smallest absolute Gasteiger partial charge is 0.324 e. The van der Waals surface area contributed by atoms with Gasteiger partial charge >= 0.3 is 5.97 Å². The fourth-order valence-electron chi connectivity index (χ4n) is 3.43. The number of carbonyl (C=O) groups is 2. The van der Waals surface area contributed by atoms with Crippen molar-refractivity contribution in [1.29, 1.82) is 0 Å². The molecular weight excluding hydrogens is 438 g/mol. The van der Waals surface area contributed by atoms with Crippen LogP contribution in [0.3, 0.4) is 0 Å². The Bertz CT molecular complexity index is 1150. The highest BCUT2D eigenvalue weighted by Gasteiger charge is 2.40. The number of rotatable bonds is 7. The van der Waals surface area contributed by atoms with Crippen LogP contribution < -0.4 is 5.32 Å².